The van der Waals surface area contributed by atoms with Crippen LogP contribution in [0.25, 0.3) is 0 Å². The summed E-state index contributed by atoms with van der Waals surface area (Å²) in [5.41, 5.74) is 3.88. The normalized spacial score (nSPS) is 13.3. The Labute approximate surface area is 136 Å². The Kier molecular flexibility index (Phi) is 4.04. The molecule has 1 aliphatic rings. The Hall–Kier alpha value is -2.05. The molecule has 1 heterocycles. The molecule has 0 fully saturated rings. The fourth-order valence-corrected chi connectivity index (χ4v) is 3.34. The third-order valence-electron chi connectivity index (χ3n) is 3.95. The first kappa shape index (κ1) is 15.8. The van der Waals surface area contributed by atoms with Crippen molar-refractivity contribution in [3.8, 4) is 11.5 Å². The monoisotopic (exact) mass is 333 g/mol. The molecule has 2 aromatic rings. The van der Waals surface area contributed by atoms with Crippen LogP contribution in [-0.2, 0) is 10.1 Å². The number of rotatable bonds is 4. The topological polar surface area (TPSA) is 66.8 Å². The van der Waals surface area contributed by atoms with Crippen molar-refractivity contribution in [3.63, 3.8) is 0 Å². The highest BCUT2D eigenvalue weighted by molar-refractivity contribution is 7.85. The second kappa shape index (κ2) is 5.86. The largest absolute Gasteiger partial charge is 0.452 e. The maximum absolute atomic E-state index is 11.0. The first-order chi connectivity index (χ1) is 10.9. The van der Waals surface area contributed by atoms with E-state index >= 15 is 0 Å². The van der Waals surface area contributed by atoms with E-state index in [4.69, 9.17) is 9.29 Å². The molecule has 0 saturated carbocycles. The predicted molar refractivity (Wildman–Crippen MR) is 90.5 cm³/mol. The van der Waals surface area contributed by atoms with E-state index in [1.165, 1.54) is 0 Å². The molecule has 0 amide bonds. The minimum absolute atomic E-state index is 0.257. The van der Waals surface area contributed by atoms with Crippen LogP contribution in [0.4, 0.5) is 11.4 Å². The summed E-state index contributed by atoms with van der Waals surface area (Å²) in [6, 6.07) is 11.8. The number of para-hydroxylation sites is 2. The van der Waals surface area contributed by atoms with Crippen LogP contribution in [0, 0.1) is 13.8 Å². The van der Waals surface area contributed by atoms with Crippen LogP contribution in [0.3, 0.4) is 0 Å². The van der Waals surface area contributed by atoms with Crippen LogP contribution in [0.1, 0.15) is 17.5 Å². The van der Waals surface area contributed by atoms with Crippen molar-refractivity contribution in [1.82, 2.24) is 0 Å². The SMILES string of the molecule is Cc1cccc2c1Oc1c(C)cccc1N2CCCS(=O)(=O)O. The molecular formula is C17H19NO4S. The van der Waals surface area contributed by atoms with Gasteiger partial charge >= 0.3 is 0 Å². The summed E-state index contributed by atoms with van der Waals surface area (Å²) in [7, 11) is -3.95. The summed E-state index contributed by atoms with van der Waals surface area (Å²) >= 11 is 0. The molecule has 0 atom stereocenters. The molecule has 0 aromatic heterocycles. The fraction of sp³-hybridized carbons (Fsp3) is 0.294. The summed E-state index contributed by atoms with van der Waals surface area (Å²) in [5.74, 6) is 1.33. The van der Waals surface area contributed by atoms with Gasteiger partial charge in [-0.3, -0.25) is 4.55 Å². The molecule has 5 nitrogen and oxygen atoms in total. The maximum Gasteiger partial charge on any atom is 0.264 e. The van der Waals surface area contributed by atoms with Crippen LogP contribution >= 0.6 is 0 Å². The minimum atomic E-state index is -3.95. The lowest BCUT2D eigenvalue weighted by atomic mass is 10.1. The van der Waals surface area contributed by atoms with Crippen LogP contribution in [0.5, 0.6) is 11.5 Å². The average Bonchev–Trinajstić information content (AvgIpc) is 2.47. The molecule has 6 heteroatoms. The highest BCUT2D eigenvalue weighted by Crippen LogP contribution is 2.49. The van der Waals surface area contributed by atoms with Gasteiger partial charge in [-0.2, -0.15) is 8.42 Å². The molecule has 0 bridgehead atoms. The Morgan fingerprint density at radius 3 is 2.00 bits per heavy atom. The zero-order valence-corrected chi connectivity index (χ0v) is 13.9. The van der Waals surface area contributed by atoms with Crippen molar-refractivity contribution in [2.24, 2.45) is 0 Å². The smallest absolute Gasteiger partial charge is 0.264 e. The van der Waals surface area contributed by atoms with Crippen LogP contribution < -0.4 is 9.64 Å². The van der Waals surface area contributed by atoms with Crippen molar-refractivity contribution >= 4 is 21.5 Å². The highest BCUT2D eigenvalue weighted by atomic mass is 32.2. The molecule has 1 N–H and O–H groups in total. The molecule has 23 heavy (non-hydrogen) atoms. The van der Waals surface area contributed by atoms with Crippen LogP contribution in [0.2, 0.25) is 0 Å². The quantitative estimate of drug-likeness (QED) is 0.862. The number of benzene rings is 2. The Morgan fingerprint density at radius 1 is 1.00 bits per heavy atom. The number of hydrogen-bond donors (Lipinski definition) is 1. The van der Waals surface area contributed by atoms with E-state index < -0.39 is 10.1 Å². The van der Waals surface area contributed by atoms with Gasteiger partial charge in [0.05, 0.1) is 17.1 Å². The summed E-state index contributed by atoms with van der Waals surface area (Å²) < 4.78 is 37.0. The molecule has 122 valence electrons. The van der Waals surface area contributed by atoms with Crippen molar-refractivity contribution < 1.29 is 17.7 Å². The Morgan fingerprint density at radius 2 is 1.52 bits per heavy atom. The maximum atomic E-state index is 11.0. The lowest BCUT2D eigenvalue weighted by Crippen LogP contribution is -2.24. The first-order valence-corrected chi connectivity index (χ1v) is 9.07. The van der Waals surface area contributed by atoms with Gasteiger partial charge in [0.15, 0.2) is 11.5 Å². The molecule has 2 aromatic carbocycles. The number of nitrogens with zero attached hydrogens (tertiary/aromatic N) is 1. The van der Waals surface area contributed by atoms with Crippen molar-refractivity contribution in [1.29, 1.82) is 0 Å². The summed E-state index contributed by atoms with van der Waals surface area (Å²) in [4.78, 5) is 2.05. The van der Waals surface area contributed by atoms with E-state index in [9.17, 15) is 8.42 Å². The first-order valence-electron chi connectivity index (χ1n) is 7.46. The fourth-order valence-electron chi connectivity index (χ4n) is 2.84. The summed E-state index contributed by atoms with van der Waals surface area (Å²) in [6.07, 6.45) is 0.333. The second-order valence-electron chi connectivity index (χ2n) is 5.74. The van der Waals surface area contributed by atoms with Gasteiger partial charge < -0.3 is 9.64 Å². The molecule has 0 spiro atoms. The van der Waals surface area contributed by atoms with E-state index in [2.05, 4.69) is 4.90 Å². The lowest BCUT2D eigenvalue weighted by molar-refractivity contribution is 0.465. The van der Waals surface area contributed by atoms with E-state index in [0.717, 1.165) is 34.0 Å². The minimum Gasteiger partial charge on any atom is -0.452 e. The standard InChI is InChI=1S/C17H19NO4S/c1-12-6-3-8-14-16(12)22-17-13(2)7-4-9-15(17)18(14)10-5-11-23(19,20)21/h3-4,6-9H,5,10-11H2,1-2H3,(H,19,20,21). The Balaban J connectivity index is 2.01. The average molecular weight is 333 g/mol. The number of ether oxygens (including phenoxy) is 1. The third-order valence-corrected chi connectivity index (χ3v) is 4.76. The Bertz CT molecular complexity index is 794. The van der Waals surface area contributed by atoms with Crippen LogP contribution in [-0.4, -0.2) is 25.3 Å². The number of anilines is 2. The van der Waals surface area contributed by atoms with E-state index in [1.54, 1.807) is 0 Å². The third kappa shape index (κ3) is 3.18. The van der Waals surface area contributed by atoms with Gasteiger partial charge in [-0.15, -0.1) is 0 Å². The van der Waals surface area contributed by atoms with Gasteiger partial charge in [-0.1, -0.05) is 24.3 Å². The van der Waals surface area contributed by atoms with Gasteiger partial charge in [0, 0.05) is 6.54 Å². The van der Waals surface area contributed by atoms with Gasteiger partial charge in [0.25, 0.3) is 10.1 Å². The van der Waals surface area contributed by atoms with Crippen LogP contribution in [0.15, 0.2) is 36.4 Å². The van der Waals surface area contributed by atoms with Gasteiger partial charge in [0.2, 0.25) is 0 Å². The summed E-state index contributed by atoms with van der Waals surface area (Å²) in [6.45, 7) is 4.45. The number of hydrogen-bond acceptors (Lipinski definition) is 4. The predicted octanol–water partition coefficient (Wildman–Crippen LogP) is 3.83. The number of fused-ring (bicyclic) bond motifs is 2. The summed E-state index contributed by atoms with van der Waals surface area (Å²) in [5, 5.41) is 0. The van der Waals surface area contributed by atoms with E-state index in [0.29, 0.717) is 13.0 Å². The molecule has 1 aliphatic heterocycles. The second-order valence-corrected chi connectivity index (χ2v) is 7.31. The zero-order chi connectivity index (χ0) is 16.6. The van der Waals surface area contributed by atoms with E-state index in [-0.39, 0.29) is 5.75 Å². The van der Waals surface area contributed by atoms with Crippen molar-refractivity contribution in [3.05, 3.63) is 47.5 Å². The lowest BCUT2D eigenvalue weighted by Gasteiger charge is -2.34. The molecular weight excluding hydrogens is 314 g/mol. The van der Waals surface area contributed by atoms with Crippen molar-refractivity contribution in [2.75, 3.05) is 17.2 Å². The molecule has 0 radical (unpaired) electrons. The van der Waals surface area contributed by atoms with Gasteiger partial charge in [-0.05, 0) is 43.5 Å². The van der Waals surface area contributed by atoms with Gasteiger partial charge in [-0.25, -0.2) is 0 Å². The molecule has 0 saturated heterocycles. The molecule has 0 aliphatic carbocycles. The number of aryl methyl sites for hydroxylation is 2. The highest BCUT2D eigenvalue weighted by Gasteiger charge is 2.26. The zero-order valence-electron chi connectivity index (χ0n) is 13.1. The van der Waals surface area contributed by atoms with Crippen molar-refractivity contribution in [2.45, 2.75) is 20.3 Å². The molecule has 3 rings (SSSR count). The van der Waals surface area contributed by atoms with Gasteiger partial charge in [0.1, 0.15) is 0 Å². The molecule has 0 unspecified atom stereocenters. The van der Waals surface area contributed by atoms with E-state index in [1.807, 2.05) is 50.2 Å².